The van der Waals surface area contributed by atoms with Crippen molar-refractivity contribution in [3.63, 3.8) is 0 Å². The first-order chi connectivity index (χ1) is 13.1. The van der Waals surface area contributed by atoms with Crippen molar-refractivity contribution in [1.29, 1.82) is 0 Å². The molecule has 28 heavy (non-hydrogen) atoms. The maximum atomic E-state index is 13.7. The zero-order valence-electron chi connectivity index (χ0n) is 15.1. The predicted molar refractivity (Wildman–Crippen MR) is 116 cm³/mol. The molecule has 3 rings (SSSR count). The fourth-order valence-electron chi connectivity index (χ4n) is 2.70. The normalized spacial score (nSPS) is 10.4. The minimum Gasteiger partial charge on any atom is -0.489 e. The molecule has 0 atom stereocenters. The van der Waals surface area contributed by atoms with Gasteiger partial charge in [-0.2, -0.15) is 0 Å². The highest BCUT2D eigenvalue weighted by Gasteiger charge is 2.04. The molecule has 0 heterocycles. The lowest BCUT2D eigenvalue weighted by Gasteiger charge is -2.10. The molecular weight excluding hydrogens is 420 g/mol. The molecule has 6 heteroatoms. The number of nitrogens with one attached hydrogen (secondary N) is 1. The summed E-state index contributed by atoms with van der Waals surface area (Å²) < 4.78 is 19.4. The van der Waals surface area contributed by atoms with Gasteiger partial charge < -0.3 is 10.1 Å². The van der Waals surface area contributed by atoms with Crippen molar-refractivity contribution in [2.75, 3.05) is 6.54 Å². The van der Waals surface area contributed by atoms with Gasteiger partial charge >= 0.3 is 0 Å². The summed E-state index contributed by atoms with van der Waals surface area (Å²) in [6.45, 7) is 1.71. The van der Waals surface area contributed by atoms with Crippen LogP contribution in [0, 0.1) is 5.82 Å². The summed E-state index contributed by atoms with van der Waals surface area (Å²) in [5.74, 6) is 0.467. The van der Waals surface area contributed by atoms with Gasteiger partial charge in [-0.3, -0.25) is 0 Å². The topological polar surface area (TPSA) is 21.3 Å². The van der Waals surface area contributed by atoms with Crippen molar-refractivity contribution in [2.45, 2.75) is 19.6 Å². The highest BCUT2D eigenvalue weighted by Crippen LogP contribution is 2.21. The second kappa shape index (κ2) is 11.3. The smallest absolute Gasteiger partial charge is 0.129 e. The van der Waals surface area contributed by atoms with Gasteiger partial charge in [-0.25, -0.2) is 4.39 Å². The number of rotatable bonds is 8. The molecule has 1 N–H and O–H groups in total. The molecule has 148 valence electrons. The standard InChI is InChI=1S/C22H20Cl2FNO.ClH/c23-19-9-8-17(21(24)13-19)10-11-26-14-16-4-3-6-20(12-16)27-15-18-5-1-2-7-22(18)25;/h1-9,12-13,26H,10-11,14-15H2;1H. The van der Waals surface area contributed by atoms with E-state index in [1.54, 1.807) is 24.3 Å². The number of ether oxygens (including phenoxy) is 1. The maximum absolute atomic E-state index is 13.7. The first-order valence-corrected chi connectivity index (χ1v) is 9.47. The van der Waals surface area contributed by atoms with Gasteiger partial charge in [-0.15, -0.1) is 12.4 Å². The summed E-state index contributed by atoms with van der Waals surface area (Å²) in [5, 5.41) is 4.73. The van der Waals surface area contributed by atoms with E-state index in [2.05, 4.69) is 5.32 Å². The van der Waals surface area contributed by atoms with Gasteiger partial charge in [-0.05, 0) is 54.4 Å². The fraction of sp³-hybridized carbons (Fsp3) is 0.182. The molecule has 0 bridgehead atoms. The van der Waals surface area contributed by atoms with E-state index in [4.69, 9.17) is 27.9 Å². The van der Waals surface area contributed by atoms with Crippen LogP contribution in [0.4, 0.5) is 4.39 Å². The molecule has 0 aliphatic heterocycles. The Hall–Kier alpha value is -1.78. The van der Waals surface area contributed by atoms with Crippen molar-refractivity contribution >= 4 is 35.6 Å². The molecular formula is C22H21Cl3FNO. The molecule has 0 aliphatic carbocycles. The van der Waals surface area contributed by atoms with E-state index >= 15 is 0 Å². The van der Waals surface area contributed by atoms with Crippen LogP contribution in [0.5, 0.6) is 5.75 Å². The number of halogens is 4. The predicted octanol–water partition coefficient (Wildman–Crippen LogP) is 6.47. The third-order valence-corrected chi connectivity index (χ3v) is 4.75. The van der Waals surface area contributed by atoms with Crippen LogP contribution in [0.1, 0.15) is 16.7 Å². The Morgan fingerprint density at radius 2 is 1.71 bits per heavy atom. The van der Waals surface area contributed by atoms with E-state index in [9.17, 15) is 4.39 Å². The quantitative estimate of drug-likeness (QED) is 0.406. The van der Waals surface area contributed by atoms with Crippen LogP contribution < -0.4 is 10.1 Å². The second-order valence-electron chi connectivity index (χ2n) is 6.19. The monoisotopic (exact) mass is 439 g/mol. The molecule has 0 amide bonds. The first-order valence-electron chi connectivity index (χ1n) is 8.71. The molecule has 0 unspecified atom stereocenters. The Morgan fingerprint density at radius 1 is 0.893 bits per heavy atom. The van der Waals surface area contributed by atoms with Crippen molar-refractivity contribution in [1.82, 2.24) is 5.32 Å². The molecule has 2 nitrogen and oxygen atoms in total. The molecule has 0 saturated carbocycles. The van der Waals surface area contributed by atoms with E-state index in [-0.39, 0.29) is 24.8 Å². The van der Waals surface area contributed by atoms with Gasteiger partial charge in [0.05, 0.1) is 0 Å². The molecule has 0 spiro atoms. The number of benzene rings is 3. The summed E-state index contributed by atoms with van der Waals surface area (Å²) in [6, 6.07) is 20.0. The lowest BCUT2D eigenvalue weighted by molar-refractivity contribution is 0.299. The number of hydrogen-bond acceptors (Lipinski definition) is 2. The molecule has 0 saturated heterocycles. The maximum Gasteiger partial charge on any atom is 0.129 e. The Morgan fingerprint density at radius 3 is 2.50 bits per heavy atom. The van der Waals surface area contributed by atoms with Crippen LogP contribution in [-0.4, -0.2) is 6.54 Å². The van der Waals surface area contributed by atoms with Gasteiger partial charge in [0.25, 0.3) is 0 Å². The van der Waals surface area contributed by atoms with E-state index in [1.807, 2.05) is 36.4 Å². The molecule has 3 aromatic carbocycles. The van der Waals surface area contributed by atoms with Gasteiger partial charge in [0, 0.05) is 22.2 Å². The van der Waals surface area contributed by atoms with Crippen molar-refractivity contribution < 1.29 is 9.13 Å². The van der Waals surface area contributed by atoms with Gasteiger partial charge in [0.2, 0.25) is 0 Å². The highest BCUT2D eigenvalue weighted by molar-refractivity contribution is 6.35. The van der Waals surface area contributed by atoms with Crippen LogP contribution in [0.3, 0.4) is 0 Å². The van der Waals surface area contributed by atoms with Gasteiger partial charge in [0.15, 0.2) is 0 Å². The Balaban J connectivity index is 0.00000280. The third kappa shape index (κ3) is 6.68. The minimum atomic E-state index is -0.254. The lowest BCUT2D eigenvalue weighted by atomic mass is 10.1. The summed E-state index contributed by atoms with van der Waals surface area (Å²) in [7, 11) is 0. The summed E-state index contributed by atoms with van der Waals surface area (Å²) in [5.41, 5.74) is 2.71. The zero-order chi connectivity index (χ0) is 19.1. The Labute approximate surface area is 181 Å². The fourth-order valence-corrected chi connectivity index (χ4v) is 3.20. The van der Waals surface area contributed by atoms with Crippen LogP contribution in [-0.2, 0) is 19.6 Å². The molecule has 0 radical (unpaired) electrons. The van der Waals surface area contributed by atoms with E-state index < -0.39 is 0 Å². The third-order valence-electron chi connectivity index (χ3n) is 4.17. The lowest BCUT2D eigenvalue weighted by Crippen LogP contribution is -2.16. The highest BCUT2D eigenvalue weighted by atomic mass is 35.5. The van der Waals surface area contributed by atoms with Crippen LogP contribution >= 0.6 is 35.6 Å². The largest absolute Gasteiger partial charge is 0.489 e. The summed E-state index contributed by atoms with van der Waals surface area (Å²) >= 11 is 12.1. The van der Waals surface area contributed by atoms with Crippen molar-refractivity contribution in [2.24, 2.45) is 0 Å². The van der Waals surface area contributed by atoms with E-state index in [0.29, 0.717) is 22.2 Å². The minimum absolute atomic E-state index is 0. The molecule has 0 aromatic heterocycles. The summed E-state index contributed by atoms with van der Waals surface area (Å²) in [6.07, 6.45) is 0.819. The van der Waals surface area contributed by atoms with Crippen LogP contribution in [0.25, 0.3) is 0 Å². The second-order valence-corrected chi connectivity index (χ2v) is 7.03. The van der Waals surface area contributed by atoms with Crippen LogP contribution in [0.2, 0.25) is 10.0 Å². The molecule has 0 aliphatic rings. The van der Waals surface area contributed by atoms with Crippen LogP contribution in [0.15, 0.2) is 66.7 Å². The average molecular weight is 441 g/mol. The first kappa shape index (κ1) is 22.5. The van der Waals surface area contributed by atoms with Gasteiger partial charge in [0.1, 0.15) is 18.2 Å². The molecule has 3 aromatic rings. The molecule has 0 fully saturated rings. The zero-order valence-corrected chi connectivity index (χ0v) is 17.5. The van der Waals surface area contributed by atoms with E-state index in [1.165, 1.54) is 6.07 Å². The Kier molecular flexibility index (Phi) is 9.07. The van der Waals surface area contributed by atoms with Crippen molar-refractivity contribution in [3.8, 4) is 5.75 Å². The Bertz CT molecular complexity index is 904. The number of hydrogen-bond donors (Lipinski definition) is 1. The van der Waals surface area contributed by atoms with E-state index in [0.717, 1.165) is 29.8 Å². The van der Waals surface area contributed by atoms with Crippen molar-refractivity contribution in [3.05, 3.63) is 99.3 Å². The summed E-state index contributed by atoms with van der Waals surface area (Å²) in [4.78, 5) is 0. The van der Waals surface area contributed by atoms with Gasteiger partial charge in [-0.1, -0.05) is 59.6 Å². The SMILES string of the molecule is Cl.Fc1ccccc1COc1cccc(CNCCc2ccc(Cl)cc2Cl)c1. The average Bonchev–Trinajstić information content (AvgIpc) is 2.66.